The van der Waals surface area contributed by atoms with E-state index in [4.69, 9.17) is 13.5 Å². The number of aromatic nitrogens is 2. The zero-order valence-corrected chi connectivity index (χ0v) is 39.2. The summed E-state index contributed by atoms with van der Waals surface area (Å²) in [4.78, 5) is 5.52. The Labute approximate surface area is 349 Å². The molecule has 3 aromatic heterocycles. The van der Waals surface area contributed by atoms with Crippen molar-refractivity contribution < 1.29 is 4.74 Å². The average molecular weight is 805 g/mol. The number of hydrogen-bond donors (Lipinski definition) is 0. The summed E-state index contributed by atoms with van der Waals surface area (Å²) in [6, 6.07) is 9.58. The van der Waals surface area contributed by atoms with Crippen LogP contribution >= 0.6 is 34.4 Å². The highest BCUT2D eigenvalue weighted by molar-refractivity contribution is 7.24. The van der Waals surface area contributed by atoms with Crippen LogP contribution in [0.2, 0.25) is 0 Å². The van der Waals surface area contributed by atoms with E-state index in [1.54, 1.807) is 0 Å². The second-order valence-electron chi connectivity index (χ2n) is 19.8. The third kappa shape index (κ3) is 11.5. The fourth-order valence-corrected chi connectivity index (χ4v) is 11.9. The topological polar surface area (TPSA) is 35.0 Å². The maximum atomic E-state index is 7.74. The van der Waals surface area contributed by atoms with E-state index < -0.39 is 0 Å². The van der Waals surface area contributed by atoms with E-state index >= 15 is 0 Å². The standard InChI is InChI=1S/C49H76N2OS3/c1-12-14-16-18-19-21-26-36(25-20-17-15-13-2)33-49(30-29-35(5)24-22-23-34(3)4)39-31-42(48(9,10)11)54-45(39)46-40(52-49)32-41(53-46)37-27-28-38(47(6,7)8)44-43(37)50-55-51-44/h27-28,31-32,34-36H,12-26,29-30,33H2,1-11H3. The van der Waals surface area contributed by atoms with Gasteiger partial charge in [-0.25, -0.2) is 0 Å². The molecule has 306 valence electrons. The van der Waals surface area contributed by atoms with E-state index in [0.29, 0.717) is 11.8 Å². The van der Waals surface area contributed by atoms with Gasteiger partial charge in [-0.15, -0.1) is 22.7 Å². The number of ether oxygens (including phenoxy) is 1. The van der Waals surface area contributed by atoms with Crippen LogP contribution in [0.5, 0.6) is 5.75 Å². The molecule has 1 aliphatic heterocycles. The van der Waals surface area contributed by atoms with Gasteiger partial charge in [0.1, 0.15) is 22.4 Å². The van der Waals surface area contributed by atoms with Crippen molar-refractivity contribution in [3.8, 4) is 25.9 Å². The molecule has 0 fully saturated rings. The van der Waals surface area contributed by atoms with Crippen molar-refractivity contribution in [3.63, 3.8) is 0 Å². The first-order chi connectivity index (χ1) is 26.2. The highest BCUT2D eigenvalue weighted by Gasteiger charge is 2.45. The summed E-state index contributed by atoms with van der Waals surface area (Å²) >= 11 is 5.29. The summed E-state index contributed by atoms with van der Waals surface area (Å²) in [6.07, 6.45) is 23.6. The lowest BCUT2D eigenvalue weighted by molar-refractivity contribution is 0.0186. The summed E-state index contributed by atoms with van der Waals surface area (Å²) < 4.78 is 17.5. The van der Waals surface area contributed by atoms with Crippen LogP contribution in [-0.2, 0) is 16.4 Å². The van der Waals surface area contributed by atoms with Crippen LogP contribution in [0.3, 0.4) is 0 Å². The van der Waals surface area contributed by atoms with Crippen LogP contribution < -0.4 is 4.74 Å². The van der Waals surface area contributed by atoms with E-state index in [1.165, 1.54) is 151 Å². The van der Waals surface area contributed by atoms with E-state index in [1.807, 2.05) is 22.7 Å². The van der Waals surface area contributed by atoms with Crippen LogP contribution in [-0.4, -0.2) is 8.75 Å². The molecule has 6 heteroatoms. The van der Waals surface area contributed by atoms with Crippen LogP contribution in [0.25, 0.3) is 31.2 Å². The summed E-state index contributed by atoms with van der Waals surface area (Å²) in [5, 5.41) is 0. The van der Waals surface area contributed by atoms with Crippen molar-refractivity contribution in [1.29, 1.82) is 0 Å². The molecule has 5 rings (SSSR count). The second-order valence-corrected chi connectivity index (χ2v) is 22.5. The lowest BCUT2D eigenvalue weighted by Crippen LogP contribution is -2.38. The van der Waals surface area contributed by atoms with Gasteiger partial charge in [-0.3, -0.25) is 0 Å². The molecule has 3 nitrogen and oxygen atoms in total. The molecule has 0 N–H and O–H groups in total. The molecule has 0 radical (unpaired) electrons. The molecule has 0 aliphatic carbocycles. The van der Waals surface area contributed by atoms with Gasteiger partial charge in [0, 0.05) is 20.9 Å². The second kappa shape index (κ2) is 19.8. The lowest BCUT2D eigenvalue weighted by atomic mass is 9.75. The minimum Gasteiger partial charge on any atom is -0.481 e. The monoisotopic (exact) mass is 805 g/mol. The number of unbranched alkanes of at least 4 members (excludes halogenated alkanes) is 8. The Morgan fingerprint density at radius 1 is 0.673 bits per heavy atom. The van der Waals surface area contributed by atoms with Crippen LogP contribution in [0.4, 0.5) is 0 Å². The molecular weight excluding hydrogens is 729 g/mol. The predicted octanol–water partition coefficient (Wildman–Crippen LogP) is 17.3. The van der Waals surface area contributed by atoms with E-state index in [0.717, 1.165) is 35.5 Å². The van der Waals surface area contributed by atoms with E-state index in [-0.39, 0.29) is 16.4 Å². The van der Waals surface area contributed by atoms with Crippen LogP contribution in [0.1, 0.15) is 208 Å². The predicted molar refractivity (Wildman–Crippen MR) is 246 cm³/mol. The van der Waals surface area contributed by atoms with Gasteiger partial charge in [0.25, 0.3) is 0 Å². The number of benzene rings is 1. The van der Waals surface area contributed by atoms with Crippen molar-refractivity contribution in [3.05, 3.63) is 40.3 Å². The summed E-state index contributed by atoms with van der Waals surface area (Å²) in [5.41, 5.74) is 5.81. The molecule has 4 aromatic rings. The lowest BCUT2D eigenvalue weighted by Gasteiger charge is -2.41. The Morgan fingerprint density at radius 2 is 1.33 bits per heavy atom. The molecule has 0 bridgehead atoms. The third-order valence-corrected chi connectivity index (χ3v) is 15.6. The van der Waals surface area contributed by atoms with E-state index in [2.05, 4.69) is 100 Å². The third-order valence-electron chi connectivity index (χ3n) is 12.2. The summed E-state index contributed by atoms with van der Waals surface area (Å²) in [5.74, 6) is 3.24. The van der Waals surface area contributed by atoms with Crippen molar-refractivity contribution in [2.75, 3.05) is 0 Å². The number of thiophene rings is 2. The van der Waals surface area contributed by atoms with Crippen molar-refractivity contribution in [1.82, 2.24) is 8.75 Å². The largest absolute Gasteiger partial charge is 0.481 e. The molecule has 0 amide bonds. The Kier molecular flexibility index (Phi) is 16.0. The highest BCUT2D eigenvalue weighted by atomic mass is 32.1. The van der Waals surface area contributed by atoms with Gasteiger partial charge in [-0.1, -0.05) is 185 Å². The van der Waals surface area contributed by atoms with Crippen molar-refractivity contribution in [2.45, 2.75) is 208 Å². The highest BCUT2D eigenvalue weighted by Crippen LogP contribution is 2.59. The Bertz CT molecular complexity index is 1760. The smallest absolute Gasteiger partial charge is 0.140 e. The van der Waals surface area contributed by atoms with Gasteiger partial charge < -0.3 is 4.74 Å². The van der Waals surface area contributed by atoms with Gasteiger partial charge in [-0.2, -0.15) is 8.75 Å². The summed E-state index contributed by atoms with van der Waals surface area (Å²) in [7, 11) is 0. The quantitative estimate of drug-likeness (QED) is 0.0742. The van der Waals surface area contributed by atoms with E-state index in [9.17, 15) is 0 Å². The molecule has 0 saturated carbocycles. The molecule has 3 atom stereocenters. The SMILES string of the molecule is CCCCCCCCC(CCCCCC)CC1(CCC(C)CCCC(C)C)Oc2cc(-c3ccc(C(C)(C)C)c4nsnc34)sc2-c2sc(C(C)(C)C)cc21. The molecule has 0 saturated heterocycles. The van der Waals surface area contributed by atoms with Gasteiger partial charge >= 0.3 is 0 Å². The van der Waals surface area contributed by atoms with Crippen LogP contribution in [0.15, 0.2) is 24.3 Å². The zero-order valence-electron chi connectivity index (χ0n) is 36.8. The fraction of sp³-hybridized carbons (Fsp3) is 0.714. The Morgan fingerprint density at radius 3 is 1.98 bits per heavy atom. The molecular formula is C49H76N2OS3. The summed E-state index contributed by atoms with van der Waals surface area (Å²) in [6.45, 7) is 25.9. The average Bonchev–Trinajstić information content (AvgIpc) is 3.88. The minimum absolute atomic E-state index is 0.00761. The normalized spacial score (nSPS) is 17.1. The molecule has 1 aromatic carbocycles. The first-order valence-electron chi connectivity index (χ1n) is 22.4. The van der Waals surface area contributed by atoms with Crippen LogP contribution in [0, 0.1) is 17.8 Å². The molecule has 4 heterocycles. The molecule has 3 unspecified atom stereocenters. The number of fused-ring (bicyclic) bond motifs is 4. The number of nitrogens with zero attached hydrogens (tertiary/aromatic N) is 2. The number of hydrogen-bond acceptors (Lipinski definition) is 6. The van der Waals surface area contributed by atoms with Gasteiger partial charge in [-0.05, 0) is 65.5 Å². The Balaban J connectivity index is 1.57. The van der Waals surface area contributed by atoms with Crippen molar-refractivity contribution >= 4 is 45.4 Å². The van der Waals surface area contributed by atoms with Gasteiger partial charge in [0.05, 0.1) is 21.5 Å². The first kappa shape index (κ1) is 44.3. The molecule has 55 heavy (non-hydrogen) atoms. The first-order valence-corrected chi connectivity index (χ1v) is 24.8. The Hall–Kier alpha value is -1.76. The fourth-order valence-electron chi connectivity index (χ4n) is 8.77. The number of rotatable bonds is 22. The maximum absolute atomic E-state index is 7.74. The maximum Gasteiger partial charge on any atom is 0.140 e. The minimum atomic E-state index is -0.307. The van der Waals surface area contributed by atoms with Gasteiger partial charge in [0.2, 0.25) is 0 Å². The van der Waals surface area contributed by atoms with Crippen molar-refractivity contribution in [2.24, 2.45) is 17.8 Å². The van der Waals surface area contributed by atoms with Gasteiger partial charge in [0.15, 0.2) is 0 Å². The zero-order chi connectivity index (χ0) is 39.8. The molecule has 1 aliphatic rings. The molecule has 0 spiro atoms.